The maximum atomic E-state index is 11.6. The van der Waals surface area contributed by atoms with Crippen LogP contribution in [0.15, 0.2) is 0 Å². The smallest absolute Gasteiger partial charge is 0.223 e. The predicted molar refractivity (Wildman–Crippen MR) is 78.6 cm³/mol. The fourth-order valence-electron chi connectivity index (χ4n) is 2.02. The molecule has 1 heterocycles. The molecule has 1 N–H and O–H groups in total. The van der Waals surface area contributed by atoms with Crippen molar-refractivity contribution in [3.05, 3.63) is 17.0 Å². The van der Waals surface area contributed by atoms with Crippen LogP contribution in [0.5, 0.6) is 0 Å². The highest BCUT2D eigenvalue weighted by atomic mass is 16.5. The zero-order valence-corrected chi connectivity index (χ0v) is 13.2. The number of nitrogens with one attached hydrogen (secondary N) is 1. The molecule has 1 rings (SSSR count). The highest BCUT2D eigenvalue weighted by Crippen LogP contribution is 2.13. The molecule has 6 heteroatoms. The summed E-state index contributed by atoms with van der Waals surface area (Å²) in [6.45, 7) is 6.98. The van der Waals surface area contributed by atoms with Crippen molar-refractivity contribution < 1.29 is 9.53 Å². The van der Waals surface area contributed by atoms with Gasteiger partial charge in [0.05, 0.1) is 12.3 Å². The maximum absolute atomic E-state index is 11.6. The third-order valence-electron chi connectivity index (χ3n) is 3.35. The molecule has 0 saturated heterocycles. The van der Waals surface area contributed by atoms with Crippen LogP contribution in [0.2, 0.25) is 0 Å². The first kappa shape index (κ1) is 16.7. The Labute approximate surface area is 121 Å². The quantitative estimate of drug-likeness (QED) is 0.714. The van der Waals surface area contributed by atoms with Gasteiger partial charge < -0.3 is 15.0 Å². The van der Waals surface area contributed by atoms with E-state index in [1.165, 1.54) is 5.56 Å². The van der Waals surface area contributed by atoms with E-state index in [4.69, 9.17) is 4.74 Å². The van der Waals surface area contributed by atoms with Crippen LogP contribution in [0, 0.1) is 13.8 Å². The van der Waals surface area contributed by atoms with Crippen molar-refractivity contribution in [1.82, 2.24) is 20.0 Å². The summed E-state index contributed by atoms with van der Waals surface area (Å²) in [4.78, 5) is 13.2. The Morgan fingerprint density at radius 2 is 2.10 bits per heavy atom. The minimum Gasteiger partial charge on any atom is -0.383 e. The normalized spacial score (nSPS) is 10.8. The van der Waals surface area contributed by atoms with Crippen LogP contribution in [0.3, 0.4) is 0 Å². The van der Waals surface area contributed by atoms with Crippen LogP contribution in [0.1, 0.15) is 23.4 Å². The minimum absolute atomic E-state index is 0.123. The molecule has 0 spiro atoms. The Morgan fingerprint density at radius 1 is 1.40 bits per heavy atom. The van der Waals surface area contributed by atoms with Gasteiger partial charge in [-0.2, -0.15) is 5.10 Å². The second kappa shape index (κ2) is 8.01. The molecule has 1 amide bonds. The molecule has 6 nitrogen and oxygen atoms in total. The number of nitrogens with zero attached hydrogens (tertiary/aromatic N) is 3. The Kier molecular flexibility index (Phi) is 6.67. The number of aryl methyl sites for hydroxylation is 2. The largest absolute Gasteiger partial charge is 0.383 e. The van der Waals surface area contributed by atoms with Gasteiger partial charge in [-0.3, -0.25) is 9.48 Å². The molecule has 0 fully saturated rings. The molecule has 114 valence electrons. The van der Waals surface area contributed by atoms with Gasteiger partial charge in [-0.15, -0.1) is 0 Å². The number of carbonyl (C=O) groups is 1. The molecule has 0 bridgehead atoms. The highest BCUT2D eigenvalue weighted by molar-refractivity contribution is 5.75. The van der Waals surface area contributed by atoms with E-state index in [2.05, 4.69) is 10.4 Å². The van der Waals surface area contributed by atoms with E-state index < -0.39 is 0 Å². The zero-order valence-electron chi connectivity index (χ0n) is 13.2. The molecule has 0 aromatic carbocycles. The summed E-state index contributed by atoms with van der Waals surface area (Å²) in [7, 11) is 5.24. The average molecular weight is 282 g/mol. The monoisotopic (exact) mass is 282 g/mol. The van der Waals surface area contributed by atoms with Crippen LogP contribution < -0.4 is 5.32 Å². The Bertz CT molecular complexity index is 441. The molecular weight excluding hydrogens is 256 g/mol. The van der Waals surface area contributed by atoms with Crippen molar-refractivity contribution in [1.29, 1.82) is 0 Å². The molecule has 1 aromatic rings. The number of amides is 1. The lowest BCUT2D eigenvalue weighted by atomic mass is 10.2. The van der Waals surface area contributed by atoms with Gasteiger partial charge in [0.1, 0.15) is 0 Å². The third-order valence-corrected chi connectivity index (χ3v) is 3.35. The van der Waals surface area contributed by atoms with Gasteiger partial charge in [-0.05, 0) is 13.8 Å². The van der Waals surface area contributed by atoms with Gasteiger partial charge in [-0.1, -0.05) is 0 Å². The lowest BCUT2D eigenvalue weighted by molar-refractivity contribution is -0.128. The molecule has 20 heavy (non-hydrogen) atoms. The Balaban J connectivity index is 2.59. The number of hydrogen-bond donors (Lipinski definition) is 1. The third kappa shape index (κ3) is 4.61. The summed E-state index contributed by atoms with van der Waals surface area (Å²) in [5.74, 6) is 0.123. The van der Waals surface area contributed by atoms with Crippen LogP contribution in [-0.2, 0) is 22.6 Å². The van der Waals surface area contributed by atoms with Gasteiger partial charge in [0.25, 0.3) is 0 Å². The van der Waals surface area contributed by atoms with Crippen LogP contribution in [0.25, 0.3) is 0 Å². The lowest BCUT2D eigenvalue weighted by Gasteiger charge is -2.11. The topological polar surface area (TPSA) is 59.4 Å². The van der Waals surface area contributed by atoms with E-state index in [1.54, 1.807) is 26.1 Å². The molecule has 0 unspecified atom stereocenters. The first-order valence-corrected chi connectivity index (χ1v) is 6.90. The van der Waals surface area contributed by atoms with E-state index in [0.29, 0.717) is 19.6 Å². The summed E-state index contributed by atoms with van der Waals surface area (Å²) in [5.41, 5.74) is 3.35. The molecule has 0 atom stereocenters. The number of ether oxygens (including phenoxy) is 1. The van der Waals surface area contributed by atoms with Gasteiger partial charge in [0, 0.05) is 58.5 Å². The molecular formula is C14H26N4O2. The highest BCUT2D eigenvalue weighted by Gasteiger charge is 2.12. The van der Waals surface area contributed by atoms with Gasteiger partial charge >= 0.3 is 0 Å². The first-order valence-electron chi connectivity index (χ1n) is 6.90. The van der Waals surface area contributed by atoms with Crippen molar-refractivity contribution in [3.63, 3.8) is 0 Å². The van der Waals surface area contributed by atoms with Crippen molar-refractivity contribution >= 4 is 5.91 Å². The van der Waals surface area contributed by atoms with E-state index in [-0.39, 0.29) is 5.91 Å². The second-order valence-corrected chi connectivity index (χ2v) is 5.08. The second-order valence-electron chi connectivity index (χ2n) is 5.08. The fraction of sp³-hybridized carbons (Fsp3) is 0.714. The van der Waals surface area contributed by atoms with Gasteiger partial charge in [0.2, 0.25) is 5.91 Å². The van der Waals surface area contributed by atoms with E-state index >= 15 is 0 Å². The Hall–Kier alpha value is -1.40. The number of hydrogen-bond acceptors (Lipinski definition) is 4. The van der Waals surface area contributed by atoms with Crippen molar-refractivity contribution in [2.75, 3.05) is 34.4 Å². The van der Waals surface area contributed by atoms with Crippen LogP contribution in [-0.4, -0.2) is 54.9 Å². The number of carbonyl (C=O) groups excluding carboxylic acids is 1. The van der Waals surface area contributed by atoms with Crippen molar-refractivity contribution in [2.24, 2.45) is 0 Å². The fourth-order valence-corrected chi connectivity index (χ4v) is 2.02. The summed E-state index contributed by atoms with van der Waals surface area (Å²) in [6, 6.07) is 0. The SMILES string of the molecule is COCCNCc1c(C)nn(CCC(=O)N(C)C)c1C. The zero-order chi connectivity index (χ0) is 15.1. The summed E-state index contributed by atoms with van der Waals surface area (Å²) >= 11 is 0. The summed E-state index contributed by atoms with van der Waals surface area (Å²) in [5, 5.41) is 7.84. The standard InChI is InChI=1S/C14H26N4O2/c1-11-13(10-15-7-9-20-5)12(2)18(16-11)8-6-14(19)17(3)4/h15H,6-10H2,1-5H3. The average Bonchev–Trinajstić information content (AvgIpc) is 2.67. The minimum atomic E-state index is 0.123. The van der Waals surface area contributed by atoms with Crippen LogP contribution >= 0.6 is 0 Å². The molecule has 0 aliphatic rings. The molecule has 1 aromatic heterocycles. The summed E-state index contributed by atoms with van der Waals surface area (Å²) < 4.78 is 6.93. The van der Waals surface area contributed by atoms with Gasteiger partial charge in [0.15, 0.2) is 0 Å². The van der Waals surface area contributed by atoms with Gasteiger partial charge in [-0.25, -0.2) is 0 Å². The molecule has 0 aliphatic heterocycles. The van der Waals surface area contributed by atoms with Crippen LogP contribution in [0.4, 0.5) is 0 Å². The van der Waals surface area contributed by atoms with E-state index in [0.717, 1.165) is 24.5 Å². The first-order chi connectivity index (χ1) is 9.47. The molecule has 0 radical (unpaired) electrons. The maximum Gasteiger partial charge on any atom is 0.223 e. The molecule has 0 aliphatic carbocycles. The molecule has 0 saturated carbocycles. The number of aromatic nitrogens is 2. The predicted octanol–water partition coefficient (Wildman–Crippen LogP) is 0.714. The van der Waals surface area contributed by atoms with Crippen molar-refractivity contribution in [2.45, 2.75) is 33.4 Å². The summed E-state index contributed by atoms with van der Waals surface area (Å²) in [6.07, 6.45) is 0.478. The number of methoxy groups -OCH3 is 1. The lowest BCUT2D eigenvalue weighted by Crippen LogP contribution is -2.23. The number of rotatable bonds is 8. The van der Waals surface area contributed by atoms with Crippen molar-refractivity contribution in [3.8, 4) is 0 Å². The van der Waals surface area contributed by atoms with E-state index in [1.807, 2.05) is 18.5 Å². The Morgan fingerprint density at radius 3 is 2.70 bits per heavy atom. The van der Waals surface area contributed by atoms with E-state index in [9.17, 15) is 4.79 Å².